The molecule has 0 aliphatic heterocycles. The van der Waals surface area contributed by atoms with E-state index >= 15 is 0 Å². The lowest BCUT2D eigenvalue weighted by atomic mass is 9.53. The maximum atomic E-state index is 13.6. The van der Waals surface area contributed by atoms with Crippen LogP contribution in [0, 0.1) is 12.3 Å². The second-order valence-corrected chi connectivity index (χ2v) is 14.3. The van der Waals surface area contributed by atoms with Crippen LogP contribution in [0.4, 0.5) is 0 Å². The van der Waals surface area contributed by atoms with Gasteiger partial charge < -0.3 is 4.74 Å². The van der Waals surface area contributed by atoms with Gasteiger partial charge in [0.2, 0.25) is 0 Å². The Morgan fingerprint density at radius 1 is 1.11 bits per heavy atom. The predicted molar refractivity (Wildman–Crippen MR) is 144 cm³/mol. The zero-order valence-corrected chi connectivity index (χ0v) is 23.8. The minimum Gasteiger partial charge on any atom is -0.463 e. The molecule has 0 saturated heterocycles. The molecule has 1 heterocycles. The summed E-state index contributed by atoms with van der Waals surface area (Å²) in [5.74, 6) is 0.732. The molecule has 2 atom stereocenters. The second kappa shape index (κ2) is 9.35. The summed E-state index contributed by atoms with van der Waals surface area (Å²) in [6, 6.07) is 3.70. The van der Waals surface area contributed by atoms with E-state index in [-0.39, 0.29) is 29.1 Å². The number of rotatable bonds is 6. The summed E-state index contributed by atoms with van der Waals surface area (Å²) in [7, 11) is 0.561. The van der Waals surface area contributed by atoms with Crippen molar-refractivity contribution in [3.63, 3.8) is 0 Å². The summed E-state index contributed by atoms with van der Waals surface area (Å²) in [5, 5.41) is 0.587. The average Bonchev–Trinajstić information content (AvgIpc) is 2.81. The summed E-state index contributed by atoms with van der Waals surface area (Å²) in [6.07, 6.45) is 4.61. The molecule has 1 N–H and O–H groups in total. The second-order valence-electron chi connectivity index (χ2n) is 12.3. The van der Waals surface area contributed by atoms with Crippen LogP contribution in [0.3, 0.4) is 0 Å². The van der Waals surface area contributed by atoms with E-state index in [9.17, 15) is 13.8 Å². The molecule has 3 saturated carbocycles. The molecule has 0 spiro atoms. The molecule has 3 aliphatic rings. The molecular weight excluding hydrogens is 474 g/mol. The van der Waals surface area contributed by atoms with E-state index in [0.29, 0.717) is 10.9 Å². The minimum atomic E-state index is -1.26. The van der Waals surface area contributed by atoms with E-state index in [0.717, 1.165) is 55.5 Å². The third-order valence-corrected chi connectivity index (χ3v) is 9.84. The Hall–Kier alpha value is -2.06. The van der Waals surface area contributed by atoms with Gasteiger partial charge in [0, 0.05) is 18.5 Å². The van der Waals surface area contributed by atoms with E-state index in [4.69, 9.17) is 9.72 Å². The third kappa shape index (κ3) is 4.67. The number of nitrogens with one attached hydrogen (secondary N) is 1. The van der Waals surface area contributed by atoms with Crippen LogP contribution in [0.1, 0.15) is 103 Å². The van der Waals surface area contributed by atoms with Gasteiger partial charge in [0.05, 0.1) is 38.2 Å². The van der Waals surface area contributed by atoms with Crippen molar-refractivity contribution in [1.82, 2.24) is 14.3 Å². The molecule has 2 aromatic rings. The Labute approximate surface area is 217 Å². The standard InChI is InChI=1S/C28H41N3O4S/c1-17(2)35-25(33)28-12-9-27(10-13-28,11-14-28)24-29-22-20(19(4)30-36(34)26(5,6)7)15-18(3)16-21(22)23(32)31(24)8/h15-17,19,30H,9-14H2,1-8H3/t19-,27?,28?,36-/m1/s1. The average molecular weight is 516 g/mol. The molecular formula is C28H41N3O4S. The van der Waals surface area contributed by atoms with Crippen molar-refractivity contribution in [2.45, 2.75) is 109 Å². The van der Waals surface area contributed by atoms with Crippen LogP contribution >= 0.6 is 0 Å². The Balaban J connectivity index is 1.76. The van der Waals surface area contributed by atoms with Crippen LogP contribution in [0.2, 0.25) is 0 Å². The van der Waals surface area contributed by atoms with Crippen molar-refractivity contribution in [3.8, 4) is 0 Å². The highest BCUT2D eigenvalue weighted by Gasteiger charge is 2.55. The van der Waals surface area contributed by atoms with Crippen LogP contribution in [0.5, 0.6) is 0 Å². The van der Waals surface area contributed by atoms with Gasteiger partial charge in [-0.2, -0.15) is 0 Å². The lowest BCUT2D eigenvalue weighted by Crippen LogP contribution is -2.50. The number of hydrogen-bond acceptors (Lipinski definition) is 5. The largest absolute Gasteiger partial charge is 0.463 e. The fourth-order valence-electron chi connectivity index (χ4n) is 5.92. The first-order valence-electron chi connectivity index (χ1n) is 13.1. The molecule has 36 heavy (non-hydrogen) atoms. The molecule has 0 radical (unpaired) electrons. The molecule has 5 rings (SSSR count). The van der Waals surface area contributed by atoms with Gasteiger partial charge in [-0.3, -0.25) is 14.2 Å². The van der Waals surface area contributed by atoms with Crippen molar-refractivity contribution in [2.24, 2.45) is 12.5 Å². The Morgan fingerprint density at radius 3 is 2.22 bits per heavy atom. The third-order valence-electron chi connectivity index (χ3n) is 8.16. The number of fused-ring (bicyclic) bond motifs is 4. The molecule has 7 nitrogen and oxygen atoms in total. The summed E-state index contributed by atoms with van der Waals surface area (Å²) in [4.78, 5) is 31.7. The molecule has 8 heteroatoms. The Morgan fingerprint density at radius 2 is 1.69 bits per heavy atom. The Bertz CT molecular complexity index is 1250. The van der Waals surface area contributed by atoms with Crippen molar-refractivity contribution < 1.29 is 13.7 Å². The van der Waals surface area contributed by atoms with Crippen LogP contribution in [-0.2, 0) is 33.0 Å². The first-order valence-corrected chi connectivity index (χ1v) is 14.2. The lowest BCUT2D eigenvalue weighted by Gasteiger charge is -2.51. The molecule has 2 bridgehead atoms. The predicted octanol–water partition coefficient (Wildman–Crippen LogP) is 4.90. The van der Waals surface area contributed by atoms with Gasteiger partial charge in [0.15, 0.2) is 0 Å². The summed E-state index contributed by atoms with van der Waals surface area (Å²) in [6.45, 7) is 13.5. The Kier molecular flexibility index (Phi) is 7.01. The van der Waals surface area contributed by atoms with E-state index in [1.165, 1.54) is 0 Å². The van der Waals surface area contributed by atoms with Gasteiger partial charge in [-0.15, -0.1) is 0 Å². The van der Waals surface area contributed by atoms with Gasteiger partial charge in [0.25, 0.3) is 5.56 Å². The highest BCUT2D eigenvalue weighted by atomic mass is 32.2. The van der Waals surface area contributed by atoms with Gasteiger partial charge >= 0.3 is 5.97 Å². The highest BCUT2D eigenvalue weighted by molar-refractivity contribution is 7.84. The topological polar surface area (TPSA) is 90.3 Å². The quantitative estimate of drug-likeness (QED) is 0.553. The molecule has 3 aliphatic carbocycles. The number of nitrogens with zero attached hydrogens (tertiary/aromatic N) is 2. The fourth-order valence-corrected chi connectivity index (χ4v) is 6.73. The molecule has 1 aromatic heterocycles. The first-order chi connectivity index (χ1) is 16.7. The van der Waals surface area contributed by atoms with E-state index in [2.05, 4.69) is 4.72 Å². The monoisotopic (exact) mass is 515 g/mol. The van der Waals surface area contributed by atoms with Gasteiger partial charge in [-0.1, -0.05) is 6.07 Å². The van der Waals surface area contributed by atoms with Gasteiger partial charge in [0.1, 0.15) is 5.82 Å². The summed E-state index contributed by atoms with van der Waals surface area (Å²) < 4.78 is 23.0. The fraction of sp³-hybridized carbons (Fsp3) is 0.679. The van der Waals surface area contributed by atoms with Crippen LogP contribution in [-0.4, -0.2) is 30.6 Å². The zero-order valence-electron chi connectivity index (χ0n) is 23.0. The maximum Gasteiger partial charge on any atom is 0.312 e. The SMILES string of the molecule is Cc1cc([C@@H](C)N[S@](=O)C(C)(C)C)c2nc(C34CCC(C(=O)OC(C)C)(CC3)CC4)n(C)c(=O)c2c1. The number of benzene rings is 1. The highest BCUT2D eigenvalue weighted by Crippen LogP contribution is 2.57. The lowest BCUT2D eigenvalue weighted by molar-refractivity contribution is -0.167. The number of aryl methyl sites for hydroxylation is 1. The first kappa shape index (κ1) is 27.0. The van der Waals surface area contributed by atoms with Crippen molar-refractivity contribution in [1.29, 1.82) is 0 Å². The van der Waals surface area contributed by atoms with E-state index < -0.39 is 21.1 Å². The number of carbonyl (C=O) groups excluding carboxylic acids is 1. The van der Waals surface area contributed by atoms with Crippen molar-refractivity contribution in [3.05, 3.63) is 39.4 Å². The number of aromatic nitrogens is 2. The molecule has 0 amide bonds. The van der Waals surface area contributed by atoms with E-state index in [1.807, 2.05) is 67.6 Å². The van der Waals surface area contributed by atoms with Gasteiger partial charge in [-0.25, -0.2) is 13.9 Å². The molecule has 0 unspecified atom stereocenters. The summed E-state index contributed by atoms with van der Waals surface area (Å²) in [5.41, 5.74) is 1.86. The minimum absolute atomic E-state index is 0.0555. The molecule has 1 aromatic carbocycles. The normalized spacial score (nSPS) is 25.8. The van der Waals surface area contributed by atoms with Crippen LogP contribution < -0.4 is 10.3 Å². The van der Waals surface area contributed by atoms with Crippen molar-refractivity contribution in [2.75, 3.05) is 0 Å². The van der Waals surface area contributed by atoms with Crippen molar-refractivity contribution >= 4 is 27.9 Å². The number of hydrogen-bond donors (Lipinski definition) is 1. The van der Waals surface area contributed by atoms with Gasteiger partial charge in [-0.05, 0) is 104 Å². The zero-order chi connectivity index (χ0) is 26.6. The smallest absolute Gasteiger partial charge is 0.312 e. The maximum absolute atomic E-state index is 13.6. The van der Waals surface area contributed by atoms with E-state index in [1.54, 1.807) is 4.57 Å². The van der Waals surface area contributed by atoms with Crippen LogP contribution in [0.25, 0.3) is 10.9 Å². The summed E-state index contributed by atoms with van der Waals surface area (Å²) >= 11 is 0. The van der Waals surface area contributed by atoms with Crippen LogP contribution in [0.15, 0.2) is 16.9 Å². The number of esters is 1. The molecule has 3 fully saturated rings. The number of carbonyl (C=O) groups is 1. The molecule has 198 valence electrons. The number of ether oxygens (including phenoxy) is 1.